The van der Waals surface area contributed by atoms with Gasteiger partial charge in [0.1, 0.15) is 5.69 Å². The van der Waals surface area contributed by atoms with Crippen LogP contribution in [-0.4, -0.2) is 22.1 Å². The van der Waals surface area contributed by atoms with Crippen molar-refractivity contribution in [3.05, 3.63) is 41.1 Å². The molecule has 3 rings (SSSR count). The Kier molecular flexibility index (Phi) is 3.48. The Morgan fingerprint density at radius 2 is 1.91 bits per heavy atom. The highest BCUT2D eigenvalue weighted by Gasteiger charge is 2.25. The van der Waals surface area contributed by atoms with E-state index in [1.165, 1.54) is 6.07 Å². The third-order valence-corrected chi connectivity index (χ3v) is 3.43. The Hall–Kier alpha value is -2.57. The SMILES string of the molecule is Cc1cc(C(N)=O)c(-c2cc(F)c(F)cc2NC2CC2)nn1. The van der Waals surface area contributed by atoms with Crippen molar-refractivity contribution in [1.82, 2.24) is 10.2 Å². The van der Waals surface area contributed by atoms with Crippen LogP contribution in [0.25, 0.3) is 11.3 Å². The normalized spacial score (nSPS) is 14.0. The Labute approximate surface area is 125 Å². The van der Waals surface area contributed by atoms with Gasteiger partial charge in [-0.1, -0.05) is 0 Å². The Balaban J connectivity index is 2.18. The van der Waals surface area contributed by atoms with Gasteiger partial charge in [-0.3, -0.25) is 4.79 Å². The number of halogens is 2. The molecule has 1 aromatic carbocycles. The molecule has 1 aromatic heterocycles. The summed E-state index contributed by atoms with van der Waals surface area (Å²) in [5.41, 5.74) is 6.78. The minimum atomic E-state index is -1.02. The third kappa shape index (κ3) is 2.74. The van der Waals surface area contributed by atoms with Crippen LogP contribution in [0, 0.1) is 18.6 Å². The number of carbonyl (C=O) groups is 1. The summed E-state index contributed by atoms with van der Waals surface area (Å²) in [5.74, 6) is -2.68. The smallest absolute Gasteiger partial charge is 0.251 e. The molecule has 5 nitrogen and oxygen atoms in total. The number of nitrogens with one attached hydrogen (secondary N) is 1. The summed E-state index contributed by atoms with van der Waals surface area (Å²) in [7, 11) is 0. The van der Waals surface area contributed by atoms with E-state index >= 15 is 0 Å². The third-order valence-electron chi connectivity index (χ3n) is 3.43. The molecule has 0 radical (unpaired) electrons. The van der Waals surface area contributed by atoms with Gasteiger partial charge >= 0.3 is 0 Å². The van der Waals surface area contributed by atoms with E-state index in [1.807, 2.05) is 0 Å². The lowest BCUT2D eigenvalue weighted by Gasteiger charge is -2.13. The number of anilines is 1. The molecule has 0 unspecified atom stereocenters. The second-order valence-electron chi connectivity index (χ2n) is 5.34. The highest BCUT2D eigenvalue weighted by Crippen LogP contribution is 2.34. The number of aromatic nitrogens is 2. The van der Waals surface area contributed by atoms with Crippen LogP contribution in [0.2, 0.25) is 0 Å². The number of benzene rings is 1. The molecule has 0 spiro atoms. The highest BCUT2D eigenvalue weighted by molar-refractivity contribution is 6.00. The van der Waals surface area contributed by atoms with E-state index in [-0.39, 0.29) is 22.9 Å². The first-order valence-corrected chi connectivity index (χ1v) is 6.86. The first-order valence-electron chi connectivity index (χ1n) is 6.86. The number of nitrogens with zero attached hydrogens (tertiary/aromatic N) is 2. The topological polar surface area (TPSA) is 80.9 Å². The molecule has 1 fully saturated rings. The predicted molar refractivity (Wildman–Crippen MR) is 77.3 cm³/mol. The van der Waals surface area contributed by atoms with Gasteiger partial charge in [-0.05, 0) is 31.9 Å². The largest absolute Gasteiger partial charge is 0.382 e. The molecule has 0 atom stereocenters. The lowest BCUT2D eigenvalue weighted by atomic mass is 10.0. The number of hydrogen-bond donors (Lipinski definition) is 2. The Morgan fingerprint density at radius 3 is 2.55 bits per heavy atom. The van der Waals surface area contributed by atoms with Crippen molar-refractivity contribution >= 4 is 11.6 Å². The summed E-state index contributed by atoms with van der Waals surface area (Å²) in [5, 5.41) is 10.9. The van der Waals surface area contributed by atoms with Crippen LogP contribution in [0.3, 0.4) is 0 Å². The first-order chi connectivity index (χ1) is 10.5. The summed E-state index contributed by atoms with van der Waals surface area (Å²) in [4.78, 5) is 11.6. The molecule has 1 saturated carbocycles. The molecular weight excluding hydrogens is 290 g/mol. The zero-order valence-electron chi connectivity index (χ0n) is 11.9. The quantitative estimate of drug-likeness (QED) is 0.909. The molecule has 1 aliphatic carbocycles. The molecule has 1 heterocycles. The number of primary amides is 1. The zero-order valence-corrected chi connectivity index (χ0v) is 11.9. The lowest BCUT2D eigenvalue weighted by Crippen LogP contribution is -2.15. The predicted octanol–water partition coefficient (Wildman–Crippen LogP) is 2.40. The molecule has 1 aliphatic rings. The van der Waals surface area contributed by atoms with Gasteiger partial charge in [0, 0.05) is 23.4 Å². The van der Waals surface area contributed by atoms with E-state index in [0.29, 0.717) is 11.4 Å². The van der Waals surface area contributed by atoms with Gasteiger partial charge in [0.2, 0.25) is 0 Å². The highest BCUT2D eigenvalue weighted by atomic mass is 19.2. The monoisotopic (exact) mass is 304 g/mol. The van der Waals surface area contributed by atoms with E-state index in [9.17, 15) is 13.6 Å². The zero-order chi connectivity index (χ0) is 15.9. The van der Waals surface area contributed by atoms with Crippen molar-refractivity contribution in [2.45, 2.75) is 25.8 Å². The van der Waals surface area contributed by atoms with Gasteiger partial charge in [0.05, 0.1) is 11.3 Å². The molecular formula is C15H14F2N4O. The maximum Gasteiger partial charge on any atom is 0.251 e. The summed E-state index contributed by atoms with van der Waals surface area (Å²) in [6.07, 6.45) is 1.92. The standard InChI is InChI=1S/C15H14F2N4O/c1-7-4-10(15(18)22)14(21-20-7)9-5-11(16)12(17)6-13(9)19-8-2-3-8/h4-6,8,19H,2-3H2,1H3,(H2,18,22). The average Bonchev–Trinajstić information content (AvgIpc) is 3.27. The number of carbonyl (C=O) groups excluding carboxylic acids is 1. The van der Waals surface area contributed by atoms with Crippen LogP contribution < -0.4 is 11.1 Å². The summed E-state index contributed by atoms with van der Waals surface area (Å²) in [6.45, 7) is 1.66. The molecule has 0 saturated heterocycles. The fraction of sp³-hybridized carbons (Fsp3) is 0.267. The maximum absolute atomic E-state index is 13.6. The fourth-order valence-corrected chi connectivity index (χ4v) is 2.19. The van der Waals surface area contributed by atoms with Crippen LogP contribution in [-0.2, 0) is 0 Å². The van der Waals surface area contributed by atoms with Gasteiger partial charge in [-0.15, -0.1) is 5.10 Å². The summed E-state index contributed by atoms with van der Waals surface area (Å²) >= 11 is 0. The fourth-order valence-electron chi connectivity index (χ4n) is 2.19. The molecule has 1 amide bonds. The number of amides is 1. The van der Waals surface area contributed by atoms with Gasteiger partial charge in [-0.25, -0.2) is 8.78 Å². The van der Waals surface area contributed by atoms with Crippen molar-refractivity contribution in [2.75, 3.05) is 5.32 Å². The van der Waals surface area contributed by atoms with E-state index in [2.05, 4.69) is 15.5 Å². The second-order valence-corrected chi connectivity index (χ2v) is 5.34. The first kappa shape index (κ1) is 14.4. The van der Waals surface area contributed by atoms with Gasteiger partial charge in [0.25, 0.3) is 5.91 Å². The van der Waals surface area contributed by atoms with Crippen LogP contribution in [0.1, 0.15) is 28.9 Å². The molecule has 2 aromatic rings. The second kappa shape index (κ2) is 5.32. The van der Waals surface area contributed by atoms with Crippen molar-refractivity contribution in [1.29, 1.82) is 0 Å². The summed E-state index contributed by atoms with van der Waals surface area (Å²) in [6, 6.07) is 3.77. The molecule has 0 bridgehead atoms. The van der Waals surface area contributed by atoms with Crippen molar-refractivity contribution < 1.29 is 13.6 Å². The van der Waals surface area contributed by atoms with Crippen LogP contribution >= 0.6 is 0 Å². The summed E-state index contributed by atoms with van der Waals surface area (Å²) < 4.78 is 27.2. The van der Waals surface area contributed by atoms with Crippen LogP contribution in [0.4, 0.5) is 14.5 Å². The molecule has 7 heteroatoms. The van der Waals surface area contributed by atoms with Crippen molar-refractivity contribution in [3.63, 3.8) is 0 Å². The minimum Gasteiger partial charge on any atom is -0.382 e. The lowest BCUT2D eigenvalue weighted by molar-refractivity contribution is 0.100. The minimum absolute atomic E-state index is 0.123. The molecule has 114 valence electrons. The van der Waals surface area contributed by atoms with E-state index in [4.69, 9.17) is 5.73 Å². The van der Waals surface area contributed by atoms with Crippen molar-refractivity contribution in [3.8, 4) is 11.3 Å². The van der Waals surface area contributed by atoms with Crippen LogP contribution in [0.5, 0.6) is 0 Å². The number of hydrogen-bond acceptors (Lipinski definition) is 4. The van der Waals surface area contributed by atoms with Gasteiger partial charge < -0.3 is 11.1 Å². The van der Waals surface area contributed by atoms with Gasteiger partial charge in [0.15, 0.2) is 11.6 Å². The molecule has 22 heavy (non-hydrogen) atoms. The Bertz CT molecular complexity index is 759. The van der Waals surface area contributed by atoms with E-state index < -0.39 is 17.5 Å². The number of aryl methyl sites for hydroxylation is 1. The van der Waals surface area contributed by atoms with E-state index in [1.54, 1.807) is 6.92 Å². The molecule has 0 aliphatic heterocycles. The number of nitrogens with two attached hydrogens (primary N) is 1. The van der Waals surface area contributed by atoms with Crippen LogP contribution in [0.15, 0.2) is 18.2 Å². The van der Waals surface area contributed by atoms with E-state index in [0.717, 1.165) is 25.0 Å². The molecule has 3 N–H and O–H groups in total. The average molecular weight is 304 g/mol. The van der Waals surface area contributed by atoms with Crippen molar-refractivity contribution in [2.24, 2.45) is 5.73 Å². The maximum atomic E-state index is 13.6. The van der Waals surface area contributed by atoms with Gasteiger partial charge in [-0.2, -0.15) is 5.10 Å². The Morgan fingerprint density at radius 1 is 1.23 bits per heavy atom. The number of rotatable bonds is 4.